The Hall–Kier alpha value is -0.770. The summed E-state index contributed by atoms with van der Waals surface area (Å²) in [5.74, 6) is -0.613. The Morgan fingerprint density at radius 1 is 1.40 bits per heavy atom. The number of anilines is 1. The molecule has 1 nitrogen and oxygen atoms in total. The Morgan fingerprint density at radius 2 is 2.20 bits per heavy atom. The highest BCUT2D eigenvalue weighted by atomic mass is 32.2. The Labute approximate surface area is 92.3 Å². The number of rotatable bonds is 2. The van der Waals surface area contributed by atoms with Gasteiger partial charge < -0.3 is 5.32 Å². The summed E-state index contributed by atoms with van der Waals surface area (Å²) < 4.78 is 26.2. The van der Waals surface area contributed by atoms with E-state index in [1.54, 1.807) is 6.07 Å². The van der Waals surface area contributed by atoms with Crippen LogP contribution in [0.4, 0.5) is 14.5 Å². The van der Waals surface area contributed by atoms with Crippen molar-refractivity contribution >= 4 is 17.4 Å². The van der Waals surface area contributed by atoms with Crippen LogP contribution in [0.5, 0.6) is 0 Å². The SMILES string of the molecule is CC1CC(Nc2cccc(F)c2F)CS1. The minimum Gasteiger partial charge on any atom is -0.379 e. The molecule has 1 aromatic rings. The van der Waals surface area contributed by atoms with Crippen molar-refractivity contribution in [2.45, 2.75) is 24.6 Å². The first-order valence-electron chi connectivity index (χ1n) is 4.99. The van der Waals surface area contributed by atoms with E-state index < -0.39 is 11.6 Å². The Balaban J connectivity index is 2.07. The van der Waals surface area contributed by atoms with Gasteiger partial charge in [-0.05, 0) is 18.6 Å². The number of benzene rings is 1. The van der Waals surface area contributed by atoms with E-state index in [1.807, 2.05) is 11.8 Å². The molecular weight excluding hydrogens is 216 g/mol. The molecular formula is C11H13F2NS. The fourth-order valence-electron chi connectivity index (χ4n) is 1.75. The molecule has 1 heterocycles. The molecule has 1 aromatic carbocycles. The standard InChI is InChI=1S/C11H13F2NS/c1-7-5-8(6-15-7)14-10-4-2-3-9(12)11(10)13/h2-4,7-8,14H,5-6H2,1H3. The minimum atomic E-state index is -0.793. The molecule has 1 saturated heterocycles. The normalized spacial score (nSPS) is 25.5. The number of nitrogens with one attached hydrogen (secondary N) is 1. The highest BCUT2D eigenvalue weighted by Crippen LogP contribution is 2.29. The maximum atomic E-state index is 13.3. The molecule has 1 aliphatic heterocycles. The second kappa shape index (κ2) is 4.39. The lowest BCUT2D eigenvalue weighted by atomic mass is 10.2. The van der Waals surface area contributed by atoms with Crippen LogP contribution in [0.2, 0.25) is 0 Å². The van der Waals surface area contributed by atoms with Crippen LogP contribution in [-0.2, 0) is 0 Å². The molecule has 2 rings (SSSR count). The lowest BCUT2D eigenvalue weighted by Gasteiger charge is -2.13. The van der Waals surface area contributed by atoms with Crippen LogP contribution in [0.15, 0.2) is 18.2 Å². The van der Waals surface area contributed by atoms with Crippen LogP contribution >= 0.6 is 11.8 Å². The molecule has 0 bridgehead atoms. The number of hydrogen-bond donors (Lipinski definition) is 1. The molecule has 4 heteroatoms. The molecule has 0 aliphatic carbocycles. The van der Waals surface area contributed by atoms with Gasteiger partial charge in [0, 0.05) is 17.0 Å². The number of hydrogen-bond acceptors (Lipinski definition) is 2. The third-order valence-corrected chi connectivity index (χ3v) is 3.87. The smallest absolute Gasteiger partial charge is 0.181 e. The Kier molecular flexibility index (Phi) is 3.14. The first-order chi connectivity index (χ1) is 7.16. The molecule has 0 radical (unpaired) electrons. The van der Waals surface area contributed by atoms with Crippen LogP contribution in [-0.4, -0.2) is 17.0 Å². The van der Waals surface area contributed by atoms with Crippen molar-refractivity contribution in [2.75, 3.05) is 11.1 Å². The van der Waals surface area contributed by atoms with Gasteiger partial charge in [0.2, 0.25) is 0 Å². The van der Waals surface area contributed by atoms with Crippen molar-refractivity contribution < 1.29 is 8.78 Å². The van der Waals surface area contributed by atoms with Gasteiger partial charge in [0.25, 0.3) is 0 Å². The molecule has 1 fully saturated rings. The fraction of sp³-hybridized carbons (Fsp3) is 0.455. The van der Waals surface area contributed by atoms with Crippen molar-refractivity contribution in [1.29, 1.82) is 0 Å². The van der Waals surface area contributed by atoms with Crippen molar-refractivity contribution in [2.24, 2.45) is 0 Å². The van der Waals surface area contributed by atoms with Crippen molar-refractivity contribution in [1.82, 2.24) is 0 Å². The van der Waals surface area contributed by atoms with Crippen LogP contribution in [0.3, 0.4) is 0 Å². The van der Waals surface area contributed by atoms with Crippen LogP contribution in [0.25, 0.3) is 0 Å². The maximum absolute atomic E-state index is 13.3. The summed E-state index contributed by atoms with van der Waals surface area (Å²) in [4.78, 5) is 0. The molecule has 2 atom stereocenters. The van der Waals surface area contributed by atoms with E-state index in [0.29, 0.717) is 5.25 Å². The molecule has 2 unspecified atom stereocenters. The zero-order valence-electron chi connectivity index (χ0n) is 8.47. The third kappa shape index (κ3) is 2.43. The van der Waals surface area contributed by atoms with Gasteiger partial charge in [-0.1, -0.05) is 13.0 Å². The summed E-state index contributed by atoms with van der Waals surface area (Å²) in [6.07, 6.45) is 1.00. The molecule has 0 spiro atoms. The van der Waals surface area contributed by atoms with Gasteiger partial charge >= 0.3 is 0 Å². The summed E-state index contributed by atoms with van der Waals surface area (Å²) in [6.45, 7) is 2.15. The van der Waals surface area contributed by atoms with Crippen LogP contribution < -0.4 is 5.32 Å². The van der Waals surface area contributed by atoms with Crippen molar-refractivity contribution in [3.8, 4) is 0 Å². The highest BCUT2D eigenvalue weighted by molar-refractivity contribution is 8.00. The topological polar surface area (TPSA) is 12.0 Å². The second-order valence-electron chi connectivity index (χ2n) is 3.82. The quantitative estimate of drug-likeness (QED) is 0.835. The largest absolute Gasteiger partial charge is 0.379 e. The number of halogens is 2. The lowest BCUT2D eigenvalue weighted by Crippen LogP contribution is -2.19. The third-order valence-electron chi connectivity index (χ3n) is 2.51. The van der Waals surface area contributed by atoms with Gasteiger partial charge in [-0.2, -0.15) is 11.8 Å². The van der Waals surface area contributed by atoms with E-state index in [4.69, 9.17) is 0 Å². The monoisotopic (exact) mass is 229 g/mol. The molecule has 0 aromatic heterocycles. The van der Waals surface area contributed by atoms with Gasteiger partial charge in [-0.25, -0.2) is 8.78 Å². The molecule has 1 aliphatic rings. The second-order valence-corrected chi connectivity index (χ2v) is 5.29. The molecule has 0 saturated carbocycles. The van der Waals surface area contributed by atoms with E-state index >= 15 is 0 Å². The lowest BCUT2D eigenvalue weighted by molar-refractivity contribution is 0.509. The van der Waals surface area contributed by atoms with E-state index in [0.717, 1.165) is 18.2 Å². The van der Waals surface area contributed by atoms with Gasteiger partial charge in [0.05, 0.1) is 5.69 Å². The van der Waals surface area contributed by atoms with E-state index in [1.165, 1.54) is 6.07 Å². The van der Waals surface area contributed by atoms with Gasteiger partial charge in [0.1, 0.15) is 0 Å². The Bertz CT molecular complexity index is 356. The fourth-order valence-corrected chi connectivity index (χ4v) is 2.90. The Morgan fingerprint density at radius 3 is 2.87 bits per heavy atom. The molecule has 82 valence electrons. The summed E-state index contributed by atoms with van der Waals surface area (Å²) in [5, 5.41) is 3.64. The van der Waals surface area contributed by atoms with Crippen LogP contribution in [0.1, 0.15) is 13.3 Å². The van der Waals surface area contributed by atoms with Crippen molar-refractivity contribution in [3.05, 3.63) is 29.8 Å². The summed E-state index contributed by atoms with van der Waals surface area (Å²) >= 11 is 1.86. The van der Waals surface area contributed by atoms with E-state index in [-0.39, 0.29) is 11.7 Å². The zero-order chi connectivity index (χ0) is 10.8. The molecule has 15 heavy (non-hydrogen) atoms. The highest BCUT2D eigenvalue weighted by Gasteiger charge is 2.22. The van der Waals surface area contributed by atoms with Crippen molar-refractivity contribution in [3.63, 3.8) is 0 Å². The van der Waals surface area contributed by atoms with E-state index in [2.05, 4.69) is 12.2 Å². The molecule has 1 N–H and O–H groups in total. The minimum absolute atomic E-state index is 0.251. The number of thioether (sulfide) groups is 1. The summed E-state index contributed by atoms with van der Waals surface area (Å²) in [5.41, 5.74) is 0.273. The van der Waals surface area contributed by atoms with Gasteiger partial charge in [-0.15, -0.1) is 0 Å². The summed E-state index contributed by atoms with van der Waals surface area (Å²) in [7, 11) is 0. The van der Waals surface area contributed by atoms with Gasteiger partial charge in [0.15, 0.2) is 11.6 Å². The predicted molar refractivity (Wildman–Crippen MR) is 60.3 cm³/mol. The van der Waals surface area contributed by atoms with Gasteiger partial charge in [-0.3, -0.25) is 0 Å². The average Bonchev–Trinajstić information content (AvgIpc) is 2.59. The first kappa shape index (κ1) is 10.7. The molecule has 0 amide bonds. The average molecular weight is 229 g/mol. The summed E-state index contributed by atoms with van der Waals surface area (Å²) in [6, 6.07) is 4.48. The zero-order valence-corrected chi connectivity index (χ0v) is 9.28. The van der Waals surface area contributed by atoms with E-state index in [9.17, 15) is 8.78 Å². The maximum Gasteiger partial charge on any atom is 0.181 e. The first-order valence-corrected chi connectivity index (χ1v) is 6.04. The van der Waals surface area contributed by atoms with Crippen LogP contribution in [0, 0.1) is 11.6 Å². The predicted octanol–water partition coefficient (Wildman–Crippen LogP) is 3.27.